The van der Waals surface area contributed by atoms with Crippen LogP contribution in [0.5, 0.6) is 0 Å². The molecule has 2 fully saturated rings. The molecule has 0 heteroatoms. The van der Waals surface area contributed by atoms with Gasteiger partial charge < -0.3 is 0 Å². The van der Waals surface area contributed by atoms with Crippen molar-refractivity contribution in [3.05, 3.63) is 0 Å². The maximum absolute atomic E-state index is 1.58. The van der Waals surface area contributed by atoms with Gasteiger partial charge in [0.2, 0.25) is 0 Å². The van der Waals surface area contributed by atoms with Crippen LogP contribution in [0.4, 0.5) is 0 Å². The average molecular weight is 208 g/mol. The zero-order valence-corrected chi connectivity index (χ0v) is 10.3. The quantitative estimate of drug-likeness (QED) is 0.505. The van der Waals surface area contributed by atoms with E-state index in [9.17, 15) is 0 Å². The molecule has 0 amide bonds. The summed E-state index contributed by atoms with van der Waals surface area (Å²) in [6, 6.07) is 0. The molecule has 0 heterocycles. The Bertz CT molecular complexity index is 127. The summed E-state index contributed by atoms with van der Waals surface area (Å²) >= 11 is 0. The van der Waals surface area contributed by atoms with Crippen molar-refractivity contribution in [2.75, 3.05) is 0 Å². The molecule has 0 unspecified atom stereocenters. The largest absolute Gasteiger partial charge is 0.0533 e. The molecule has 0 N–H and O–H groups in total. The van der Waals surface area contributed by atoms with Crippen molar-refractivity contribution in [3.63, 3.8) is 0 Å². The molecular weight excluding hydrogens is 180 g/mol. The molecule has 0 radical (unpaired) electrons. The van der Waals surface area contributed by atoms with Gasteiger partial charge in [-0.25, -0.2) is 0 Å². The smallest absolute Gasteiger partial charge is 0.0412 e. The average Bonchev–Trinajstić information content (AvgIpc) is 2.42. The number of rotatable bonds is 0. The van der Waals surface area contributed by atoms with Crippen LogP contribution in [0.2, 0.25) is 0 Å². The third-order valence-electron chi connectivity index (χ3n) is 4.62. The second-order valence-electron chi connectivity index (χ2n) is 5.95. The Labute approximate surface area is 95.8 Å². The van der Waals surface area contributed by atoms with Crippen molar-refractivity contribution in [1.82, 2.24) is 0 Å². The number of hydrogen-bond donors (Lipinski definition) is 0. The van der Waals surface area contributed by atoms with E-state index in [-0.39, 0.29) is 0 Å². The Kier molecular flexibility index (Phi) is 5.02. The summed E-state index contributed by atoms with van der Waals surface area (Å²) < 4.78 is 0. The van der Waals surface area contributed by atoms with E-state index in [1.54, 1.807) is 32.1 Å². The maximum Gasteiger partial charge on any atom is -0.0412 e. The first-order valence-electron chi connectivity index (χ1n) is 7.45. The second kappa shape index (κ2) is 6.55. The molecule has 2 rings (SSSR count). The Hall–Kier alpha value is 0. The summed E-state index contributed by atoms with van der Waals surface area (Å²) in [4.78, 5) is 0. The molecule has 2 aliphatic rings. The molecule has 2 bridgehead atoms. The van der Waals surface area contributed by atoms with Gasteiger partial charge in [-0.15, -0.1) is 0 Å². The van der Waals surface area contributed by atoms with Gasteiger partial charge in [-0.05, 0) is 18.3 Å². The van der Waals surface area contributed by atoms with E-state index in [2.05, 4.69) is 0 Å². The van der Waals surface area contributed by atoms with Crippen molar-refractivity contribution in [1.29, 1.82) is 0 Å². The molecule has 0 aromatic rings. The normalized spacial score (nSPS) is 35.2. The van der Waals surface area contributed by atoms with Gasteiger partial charge in [-0.3, -0.25) is 0 Å². The van der Waals surface area contributed by atoms with Crippen LogP contribution in [0, 0.1) is 11.8 Å². The van der Waals surface area contributed by atoms with E-state index < -0.39 is 0 Å². The van der Waals surface area contributed by atoms with Gasteiger partial charge in [0.1, 0.15) is 0 Å². The molecule has 0 aromatic heterocycles. The molecule has 0 aliphatic heterocycles. The van der Waals surface area contributed by atoms with Crippen LogP contribution in [0.15, 0.2) is 0 Å². The van der Waals surface area contributed by atoms with Crippen LogP contribution in [-0.4, -0.2) is 0 Å². The van der Waals surface area contributed by atoms with Gasteiger partial charge in [0.25, 0.3) is 0 Å². The standard InChI is InChI=1S/C15H28/c1-2-6-10-15-12-8-4-3-7-11-14(13-15)9-5-1/h14-15H,1-13H2. The predicted molar refractivity (Wildman–Crippen MR) is 67.0 cm³/mol. The second-order valence-corrected chi connectivity index (χ2v) is 5.95. The van der Waals surface area contributed by atoms with Crippen LogP contribution < -0.4 is 0 Å². The van der Waals surface area contributed by atoms with Crippen molar-refractivity contribution >= 4 is 0 Å². The summed E-state index contributed by atoms with van der Waals surface area (Å²) in [7, 11) is 0. The summed E-state index contributed by atoms with van der Waals surface area (Å²) in [6.07, 6.45) is 20.0. The summed E-state index contributed by atoms with van der Waals surface area (Å²) in [5.41, 5.74) is 0. The lowest BCUT2D eigenvalue weighted by Gasteiger charge is -2.21. The van der Waals surface area contributed by atoms with Crippen LogP contribution in [0.25, 0.3) is 0 Å². The number of hydrogen-bond acceptors (Lipinski definition) is 0. The van der Waals surface area contributed by atoms with Crippen molar-refractivity contribution in [3.8, 4) is 0 Å². The minimum Gasteiger partial charge on any atom is -0.0533 e. The fraction of sp³-hybridized carbons (Fsp3) is 1.00. The van der Waals surface area contributed by atoms with Crippen LogP contribution in [-0.2, 0) is 0 Å². The Morgan fingerprint density at radius 1 is 0.400 bits per heavy atom. The predicted octanol–water partition coefficient (Wildman–Crippen LogP) is 5.32. The first kappa shape index (κ1) is 11.5. The highest BCUT2D eigenvalue weighted by atomic mass is 14.2. The van der Waals surface area contributed by atoms with Crippen molar-refractivity contribution in [2.45, 2.75) is 83.5 Å². The third kappa shape index (κ3) is 4.17. The lowest BCUT2D eigenvalue weighted by atomic mass is 9.85. The van der Waals surface area contributed by atoms with E-state index in [1.807, 2.05) is 0 Å². The maximum atomic E-state index is 1.58. The molecule has 15 heavy (non-hydrogen) atoms. The van der Waals surface area contributed by atoms with Crippen LogP contribution in [0.1, 0.15) is 83.5 Å². The first-order valence-corrected chi connectivity index (χ1v) is 7.45. The van der Waals surface area contributed by atoms with Gasteiger partial charge >= 0.3 is 0 Å². The minimum atomic E-state index is 1.10. The first-order chi connectivity index (χ1) is 7.45. The zero-order chi connectivity index (χ0) is 10.3. The molecular formula is C15H28. The van der Waals surface area contributed by atoms with E-state index >= 15 is 0 Å². The highest BCUT2D eigenvalue weighted by Gasteiger charge is 2.19. The molecule has 0 spiro atoms. The molecule has 2 saturated carbocycles. The van der Waals surface area contributed by atoms with Crippen LogP contribution in [0.3, 0.4) is 0 Å². The van der Waals surface area contributed by atoms with Gasteiger partial charge in [0.05, 0.1) is 0 Å². The van der Waals surface area contributed by atoms with Gasteiger partial charge in [-0.2, -0.15) is 0 Å². The summed E-state index contributed by atoms with van der Waals surface area (Å²) in [6.45, 7) is 0. The van der Waals surface area contributed by atoms with Gasteiger partial charge in [0.15, 0.2) is 0 Å². The molecule has 2 aliphatic carbocycles. The summed E-state index contributed by atoms with van der Waals surface area (Å²) in [5, 5.41) is 0. The lowest BCUT2D eigenvalue weighted by Crippen LogP contribution is -2.08. The Morgan fingerprint density at radius 3 is 1.07 bits per heavy atom. The fourth-order valence-electron chi connectivity index (χ4n) is 3.67. The SMILES string of the molecule is C1CCCC2CCCCCCC(CC1)C2. The highest BCUT2D eigenvalue weighted by Crippen LogP contribution is 2.33. The monoisotopic (exact) mass is 208 g/mol. The van der Waals surface area contributed by atoms with Gasteiger partial charge in [0, 0.05) is 0 Å². The molecule has 0 aromatic carbocycles. The molecule has 88 valence electrons. The van der Waals surface area contributed by atoms with E-state index in [0.29, 0.717) is 0 Å². The minimum absolute atomic E-state index is 1.10. The fourth-order valence-corrected chi connectivity index (χ4v) is 3.67. The van der Waals surface area contributed by atoms with Crippen LogP contribution >= 0.6 is 0 Å². The Balaban J connectivity index is 1.90. The number of fused-ring (bicyclic) bond motifs is 2. The van der Waals surface area contributed by atoms with E-state index in [1.165, 1.54) is 51.4 Å². The Morgan fingerprint density at radius 2 is 0.733 bits per heavy atom. The van der Waals surface area contributed by atoms with Crippen molar-refractivity contribution in [2.24, 2.45) is 11.8 Å². The topological polar surface area (TPSA) is 0 Å². The van der Waals surface area contributed by atoms with E-state index in [4.69, 9.17) is 0 Å². The summed E-state index contributed by atoms with van der Waals surface area (Å²) in [5.74, 6) is 2.21. The van der Waals surface area contributed by atoms with Crippen molar-refractivity contribution < 1.29 is 0 Å². The lowest BCUT2D eigenvalue weighted by molar-refractivity contribution is 0.314. The van der Waals surface area contributed by atoms with E-state index in [0.717, 1.165) is 11.8 Å². The molecule has 0 atom stereocenters. The highest BCUT2D eigenvalue weighted by molar-refractivity contribution is 4.71. The molecule has 0 saturated heterocycles. The zero-order valence-electron chi connectivity index (χ0n) is 10.3. The third-order valence-corrected chi connectivity index (χ3v) is 4.62. The van der Waals surface area contributed by atoms with Gasteiger partial charge in [-0.1, -0.05) is 77.0 Å². The molecule has 0 nitrogen and oxygen atoms in total.